The molecule has 1 fully saturated rings. The van der Waals surface area contributed by atoms with E-state index in [4.69, 9.17) is 4.74 Å². The standard InChI is InChI=1S/C27H26N4O5/c32-26(33)22-9-6-19(14-23(22)27(34)35)24-16-29-31-17-20(15-28-25(24)31)18-4-7-21(8-5-18)36-13-12-30-10-2-1-3-11-30/h4-9,14-17H,1-3,10-13H2,(H,32,33)(H,34,35)/p+1. The predicted molar refractivity (Wildman–Crippen MR) is 133 cm³/mol. The van der Waals surface area contributed by atoms with Crippen LogP contribution in [0.25, 0.3) is 27.9 Å². The molecule has 184 valence electrons. The van der Waals surface area contributed by atoms with E-state index in [2.05, 4.69) is 10.1 Å². The molecule has 4 aromatic rings. The first-order chi connectivity index (χ1) is 17.5. The number of piperidine rings is 1. The highest BCUT2D eigenvalue weighted by atomic mass is 16.5. The first kappa shape index (κ1) is 23.5. The third-order valence-corrected chi connectivity index (χ3v) is 6.62. The Morgan fingerprint density at radius 2 is 1.61 bits per heavy atom. The summed E-state index contributed by atoms with van der Waals surface area (Å²) < 4.78 is 7.57. The fourth-order valence-electron chi connectivity index (χ4n) is 4.66. The average molecular weight is 488 g/mol. The number of aromatic nitrogens is 3. The number of likely N-dealkylation sites (tertiary alicyclic amines) is 1. The van der Waals surface area contributed by atoms with E-state index in [1.165, 1.54) is 44.5 Å². The number of aromatic carboxylic acids is 2. The predicted octanol–water partition coefficient (Wildman–Crippen LogP) is 2.91. The molecule has 1 aliphatic heterocycles. The van der Waals surface area contributed by atoms with Crippen LogP contribution in [0.2, 0.25) is 0 Å². The number of benzene rings is 2. The summed E-state index contributed by atoms with van der Waals surface area (Å²) in [4.78, 5) is 29.1. The summed E-state index contributed by atoms with van der Waals surface area (Å²) in [6.07, 6.45) is 9.14. The first-order valence-corrected chi connectivity index (χ1v) is 12.0. The van der Waals surface area contributed by atoms with Gasteiger partial charge in [-0.3, -0.25) is 0 Å². The lowest BCUT2D eigenvalue weighted by Crippen LogP contribution is -3.13. The summed E-state index contributed by atoms with van der Waals surface area (Å²) in [5, 5.41) is 23.1. The lowest BCUT2D eigenvalue weighted by atomic mass is 10.0. The molecule has 0 amide bonds. The second-order valence-corrected chi connectivity index (χ2v) is 8.97. The number of ether oxygens (including phenoxy) is 1. The Bertz CT molecular complexity index is 1410. The summed E-state index contributed by atoms with van der Waals surface area (Å²) in [5.41, 5.74) is 2.97. The van der Waals surface area contributed by atoms with E-state index in [1.54, 1.807) is 27.9 Å². The molecule has 1 saturated heterocycles. The number of quaternary nitrogens is 1. The zero-order valence-corrected chi connectivity index (χ0v) is 19.7. The molecule has 0 unspecified atom stereocenters. The van der Waals surface area contributed by atoms with Crippen LogP contribution in [0.5, 0.6) is 5.75 Å². The van der Waals surface area contributed by atoms with Crippen LogP contribution < -0.4 is 9.64 Å². The summed E-state index contributed by atoms with van der Waals surface area (Å²) in [7, 11) is 0. The molecule has 3 heterocycles. The average Bonchev–Trinajstić information content (AvgIpc) is 3.32. The van der Waals surface area contributed by atoms with Crippen molar-refractivity contribution >= 4 is 17.6 Å². The second kappa shape index (κ2) is 10.2. The van der Waals surface area contributed by atoms with E-state index in [-0.39, 0.29) is 11.1 Å². The Morgan fingerprint density at radius 3 is 2.33 bits per heavy atom. The SMILES string of the molecule is O=C(O)c1ccc(-c2cnn3cc(-c4ccc(OCC[NH+]5CCCCC5)cc4)cnc23)cc1C(=O)O. The molecule has 36 heavy (non-hydrogen) atoms. The Morgan fingerprint density at radius 1 is 0.889 bits per heavy atom. The Labute approximate surface area is 207 Å². The zero-order chi connectivity index (χ0) is 25.1. The van der Waals surface area contributed by atoms with E-state index >= 15 is 0 Å². The number of nitrogens with one attached hydrogen (secondary N) is 1. The van der Waals surface area contributed by atoms with Gasteiger partial charge in [0.2, 0.25) is 0 Å². The summed E-state index contributed by atoms with van der Waals surface area (Å²) in [5.74, 6) is -1.76. The fourth-order valence-corrected chi connectivity index (χ4v) is 4.66. The van der Waals surface area contributed by atoms with E-state index in [9.17, 15) is 19.8 Å². The number of fused-ring (bicyclic) bond motifs is 1. The van der Waals surface area contributed by atoms with Crippen LogP contribution in [-0.2, 0) is 0 Å². The minimum absolute atomic E-state index is 0.266. The lowest BCUT2D eigenvalue weighted by Gasteiger charge is -2.23. The molecule has 0 atom stereocenters. The van der Waals surface area contributed by atoms with Gasteiger partial charge in [0.05, 0.1) is 30.4 Å². The van der Waals surface area contributed by atoms with Gasteiger partial charge in [-0.1, -0.05) is 18.2 Å². The second-order valence-electron chi connectivity index (χ2n) is 8.97. The topological polar surface area (TPSA) is 118 Å². The molecule has 2 aromatic carbocycles. The molecular formula is C27H27N4O5+. The Balaban J connectivity index is 1.32. The Hall–Kier alpha value is -4.24. The number of nitrogens with zero attached hydrogens (tertiary/aromatic N) is 3. The molecule has 9 heteroatoms. The maximum Gasteiger partial charge on any atom is 0.336 e. The highest BCUT2D eigenvalue weighted by molar-refractivity contribution is 6.03. The zero-order valence-electron chi connectivity index (χ0n) is 19.7. The third kappa shape index (κ3) is 4.92. The number of hydrogen-bond donors (Lipinski definition) is 3. The number of carboxylic acid groups (broad SMARTS) is 2. The molecule has 3 N–H and O–H groups in total. The molecule has 0 radical (unpaired) electrons. The van der Waals surface area contributed by atoms with E-state index in [0.717, 1.165) is 23.4 Å². The molecule has 2 aromatic heterocycles. The monoisotopic (exact) mass is 487 g/mol. The first-order valence-electron chi connectivity index (χ1n) is 12.0. The van der Waals surface area contributed by atoms with Crippen molar-refractivity contribution in [3.63, 3.8) is 0 Å². The summed E-state index contributed by atoms with van der Waals surface area (Å²) in [6, 6.07) is 12.1. The van der Waals surface area contributed by atoms with Crippen LogP contribution in [0.1, 0.15) is 40.0 Å². The van der Waals surface area contributed by atoms with Gasteiger partial charge in [0.1, 0.15) is 18.9 Å². The molecule has 1 aliphatic rings. The highest BCUT2D eigenvalue weighted by Crippen LogP contribution is 2.28. The molecule has 9 nitrogen and oxygen atoms in total. The van der Waals surface area contributed by atoms with Crippen LogP contribution in [0.4, 0.5) is 0 Å². The maximum absolute atomic E-state index is 11.6. The van der Waals surface area contributed by atoms with Crippen molar-refractivity contribution in [2.75, 3.05) is 26.2 Å². The lowest BCUT2D eigenvalue weighted by molar-refractivity contribution is -0.904. The fraction of sp³-hybridized carbons (Fsp3) is 0.259. The minimum atomic E-state index is -1.30. The Kier molecular flexibility index (Phi) is 6.64. The van der Waals surface area contributed by atoms with Gasteiger partial charge in [0.15, 0.2) is 5.65 Å². The number of hydrogen-bond acceptors (Lipinski definition) is 5. The number of carboxylic acids is 2. The van der Waals surface area contributed by atoms with Crippen molar-refractivity contribution in [2.45, 2.75) is 19.3 Å². The highest BCUT2D eigenvalue weighted by Gasteiger charge is 2.19. The minimum Gasteiger partial charge on any atom is -0.488 e. The van der Waals surface area contributed by atoms with E-state index in [1.807, 2.05) is 30.5 Å². The number of rotatable bonds is 8. The normalized spacial score (nSPS) is 14.1. The van der Waals surface area contributed by atoms with Crippen molar-refractivity contribution in [2.24, 2.45) is 0 Å². The van der Waals surface area contributed by atoms with Crippen LogP contribution in [-0.4, -0.2) is 63.0 Å². The third-order valence-electron chi connectivity index (χ3n) is 6.62. The van der Waals surface area contributed by atoms with Gasteiger partial charge in [0.25, 0.3) is 0 Å². The van der Waals surface area contributed by atoms with Crippen molar-refractivity contribution < 1.29 is 29.4 Å². The quantitative estimate of drug-likeness (QED) is 0.350. The van der Waals surface area contributed by atoms with Gasteiger partial charge < -0.3 is 19.8 Å². The van der Waals surface area contributed by atoms with Gasteiger partial charge >= 0.3 is 11.9 Å². The van der Waals surface area contributed by atoms with Gasteiger partial charge in [-0.05, 0) is 54.7 Å². The summed E-state index contributed by atoms with van der Waals surface area (Å²) >= 11 is 0. The van der Waals surface area contributed by atoms with Crippen LogP contribution in [0.15, 0.2) is 61.1 Å². The van der Waals surface area contributed by atoms with Gasteiger partial charge in [-0.25, -0.2) is 19.1 Å². The van der Waals surface area contributed by atoms with Crippen LogP contribution in [0.3, 0.4) is 0 Å². The summed E-state index contributed by atoms with van der Waals surface area (Å²) in [6.45, 7) is 4.20. The molecule has 0 aliphatic carbocycles. The smallest absolute Gasteiger partial charge is 0.336 e. The number of carbonyl (C=O) groups is 2. The largest absolute Gasteiger partial charge is 0.488 e. The van der Waals surface area contributed by atoms with E-state index in [0.29, 0.717) is 23.4 Å². The van der Waals surface area contributed by atoms with Crippen molar-refractivity contribution in [3.05, 3.63) is 72.2 Å². The molecular weight excluding hydrogens is 460 g/mol. The van der Waals surface area contributed by atoms with Gasteiger partial charge in [-0.2, -0.15) is 5.10 Å². The van der Waals surface area contributed by atoms with E-state index < -0.39 is 11.9 Å². The van der Waals surface area contributed by atoms with Crippen molar-refractivity contribution in [1.82, 2.24) is 14.6 Å². The molecule has 0 bridgehead atoms. The van der Waals surface area contributed by atoms with Crippen LogP contribution >= 0.6 is 0 Å². The molecule has 0 spiro atoms. The molecule has 0 saturated carbocycles. The van der Waals surface area contributed by atoms with Crippen molar-refractivity contribution in [3.8, 4) is 28.0 Å². The van der Waals surface area contributed by atoms with Gasteiger partial charge in [0, 0.05) is 23.5 Å². The van der Waals surface area contributed by atoms with Crippen LogP contribution in [0, 0.1) is 0 Å². The maximum atomic E-state index is 11.6. The van der Waals surface area contributed by atoms with Crippen molar-refractivity contribution in [1.29, 1.82) is 0 Å². The van der Waals surface area contributed by atoms with Gasteiger partial charge in [-0.15, -0.1) is 0 Å². The molecule has 5 rings (SSSR count).